The van der Waals surface area contributed by atoms with Crippen LogP contribution in [0.2, 0.25) is 0 Å². The number of carbonyl (C=O) groups is 1. The molecule has 0 bridgehead atoms. The lowest BCUT2D eigenvalue weighted by molar-refractivity contribution is -0.123. The number of aliphatic hydroxyl groups is 2. The van der Waals surface area contributed by atoms with E-state index in [9.17, 15) is 15.0 Å². The number of carbonyl (C=O) groups excluding carboxylic acids is 1. The third-order valence-corrected chi connectivity index (χ3v) is 6.52. The van der Waals surface area contributed by atoms with E-state index in [4.69, 9.17) is 0 Å². The quantitative estimate of drug-likeness (QED) is 0.0795. The van der Waals surface area contributed by atoms with Crippen LogP contribution in [-0.2, 0) is 4.79 Å². The fourth-order valence-corrected chi connectivity index (χ4v) is 4.11. The first kappa shape index (κ1) is 35.4. The summed E-state index contributed by atoms with van der Waals surface area (Å²) in [7, 11) is 0. The molecule has 4 nitrogen and oxygen atoms in total. The summed E-state index contributed by atoms with van der Waals surface area (Å²) in [4.78, 5) is 12.2. The smallest absolute Gasteiger partial charge is 0.220 e. The Balaban J connectivity index is 3.66. The second-order valence-electron chi connectivity index (χ2n) is 10.2. The van der Waals surface area contributed by atoms with E-state index < -0.39 is 12.1 Å². The molecule has 0 saturated carbocycles. The molecule has 0 fully saturated rings. The maximum atomic E-state index is 12.2. The summed E-state index contributed by atoms with van der Waals surface area (Å²) in [6.07, 6.45) is 37.7. The van der Waals surface area contributed by atoms with Crippen molar-refractivity contribution in [2.75, 3.05) is 6.61 Å². The Morgan fingerprint density at radius 3 is 1.81 bits per heavy atom. The summed E-state index contributed by atoms with van der Waals surface area (Å²) in [5, 5.41) is 22.6. The summed E-state index contributed by atoms with van der Waals surface area (Å²) in [5.41, 5.74) is 0. The van der Waals surface area contributed by atoms with Crippen LogP contribution in [0.4, 0.5) is 0 Å². The highest BCUT2D eigenvalue weighted by atomic mass is 16.3. The Morgan fingerprint density at radius 2 is 1.19 bits per heavy atom. The van der Waals surface area contributed by atoms with Crippen LogP contribution in [0.3, 0.4) is 0 Å². The number of nitrogens with one attached hydrogen (secondary N) is 1. The molecule has 0 heterocycles. The van der Waals surface area contributed by atoms with Gasteiger partial charge in [-0.15, -0.1) is 0 Å². The van der Waals surface area contributed by atoms with Gasteiger partial charge >= 0.3 is 0 Å². The number of rotatable bonds is 26. The number of allylic oxidation sites excluding steroid dienone is 7. The molecule has 0 aromatic rings. The third kappa shape index (κ3) is 25.8. The molecule has 0 saturated heterocycles. The zero-order valence-corrected chi connectivity index (χ0v) is 24.2. The Morgan fingerprint density at radius 1 is 0.649 bits per heavy atom. The molecule has 0 rings (SSSR count). The van der Waals surface area contributed by atoms with Gasteiger partial charge in [-0.3, -0.25) is 4.79 Å². The van der Waals surface area contributed by atoms with Crippen LogP contribution in [0.15, 0.2) is 48.6 Å². The molecule has 2 unspecified atom stereocenters. The van der Waals surface area contributed by atoms with Crippen molar-refractivity contribution in [1.29, 1.82) is 0 Å². The number of unbranched alkanes of at least 4 members (excludes halogenated alkanes) is 13. The van der Waals surface area contributed by atoms with Crippen molar-refractivity contribution >= 4 is 5.91 Å². The van der Waals surface area contributed by atoms with Gasteiger partial charge in [0.25, 0.3) is 0 Å². The fraction of sp³-hybridized carbons (Fsp3) is 0.727. The van der Waals surface area contributed by atoms with Crippen LogP contribution >= 0.6 is 0 Å². The molecule has 0 aliphatic carbocycles. The fourth-order valence-electron chi connectivity index (χ4n) is 4.11. The van der Waals surface area contributed by atoms with E-state index in [2.05, 4.69) is 55.6 Å². The first-order valence-corrected chi connectivity index (χ1v) is 15.4. The minimum atomic E-state index is -0.861. The molecule has 4 heteroatoms. The van der Waals surface area contributed by atoms with E-state index >= 15 is 0 Å². The highest BCUT2D eigenvalue weighted by Crippen LogP contribution is 2.11. The molecule has 0 aromatic carbocycles. The lowest BCUT2D eigenvalue weighted by Gasteiger charge is -2.19. The van der Waals surface area contributed by atoms with Crippen LogP contribution < -0.4 is 5.32 Å². The van der Waals surface area contributed by atoms with Crippen LogP contribution in [0.5, 0.6) is 0 Å². The summed E-state index contributed by atoms with van der Waals surface area (Å²) >= 11 is 0. The number of hydrogen-bond acceptors (Lipinski definition) is 3. The number of amides is 1. The summed E-state index contributed by atoms with van der Waals surface area (Å²) in [6, 6.07) is -0.639. The van der Waals surface area contributed by atoms with E-state index in [1.165, 1.54) is 64.2 Å². The molecule has 0 radical (unpaired) electrons. The van der Waals surface area contributed by atoms with Crippen molar-refractivity contribution in [3.63, 3.8) is 0 Å². The molecular weight excluding hydrogens is 458 g/mol. The van der Waals surface area contributed by atoms with Gasteiger partial charge in [-0.05, 0) is 57.8 Å². The van der Waals surface area contributed by atoms with Gasteiger partial charge in [-0.25, -0.2) is 0 Å². The minimum Gasteiger partial charge on any atom is -0.394 e. The maximum absolute atomic E-state index is 12.2. The predicted octanol–water partition coefficient (Wildman–Crippen LogP) is 8.50. The average molecular weight is 518 g/mol. The van der Waals surface area contributed by atoms with Gasteiger partial charge < -0.3 is 15.5 Å². The summed E-state index contributed by atoms with van der Waals surface area (Å²) < 4.78 is 0. The van der Waals surface area contributed by atoms with Gasteiger partial charge in [0, 0.05) is 6.42 Å². The molecule has 2 atom stereocenters. The van der Waals surface area contributed by atoms with Crippen LogP contribution in [0.1, 0.15) is 136 Å². The summed E-state index contributed by atoms with van der Waals surface area (Å²) in [5.74, 6) is -0.0906. The molecule has 0 spiro atoms. The van der Waals surface area contributed by atoms with E-state index in [1.54, 1.807) is 6.08 Å². The highest BCUT2D eigenvalue weighted by molar-refractivity contribution is 5.76. The minimum absolute atomic E-state index is 0.0906. The van der Waals surface area contributed by atoms with Crippen LogP contribution in [-0.4, -0.2) is 34.9 Å². The van der Waals surface area contributed by atoms with Crippen molar-refractivity contribution in [1.82, 2.24) is 5.32 Å². The van der Waals surface area contributed by atoms with Crippen molar-refractivity contribution in [2.45, 2.75) is 148 Å². The Kier molecular flexibility index (Phi) is 27.6. The van der Waals surface area contributed by atoms with Crippen molar-refractivity contribution < 1.29 is 15.0 Å². The van der Waals surface area contributed by atoms with Crippen molar-refractivity contribution in [3.05, 3.63) is 48.6 Å². The monoisotopic (exact) mass is 517 g/mol. The van der Waals surface area contributed by atoms with E-state index in [1.807, 2.05) is 6.08 Å². The SMILES string of the molecule is CCC/C=C/CC/C=C/C(O)C(CO)NC(=O)CCCCCCCCC/C=C\C/C=C\CCCCCC. The molecule has 1 amide bonds. The standard InChI is InChI=1S/C33H59NO3/c1-3-5-7-9-11-12-13-14-15-16-17-18-19-20-21-23-25-27-29-33(37)34-31(30-35)32(36)28-26-24-22-10-8-6-4-2/h8,10,12-13,15-16,26,28,31-32,35-36H,3-7,9,11,14,17-25,27,29-30H2,1-2H3,(H,34,37)/b10-8+,13-12-,16-15-,28-26+. The topological polar surface area (TPSA) is 69.6 Å². The van der Waals surface area contributed by atoms with E-state index in [0.717, 1.165) is 51.4 Å². The van der Waals surface area contributed by atoms with E-state index in [0.29, 0.717) is 6.42 Å². The zero-order valence-electron chi connectivity index (χ0n) is 24.2. The van der Waals surface area contributed by atoms with Gasteiger partial charge in [0.1, 0.15) is 0 Å². The molecule has 214 valence electrons. The first-order chi connectivity index (χ1) is 18.2. The van der Waals surface area contributed by atoms with Gasteiger partial charge in [-0.2, -0.15) is 0 Å². The molecular formula is C33H59NO3. The number of hydrogen-bond donors (Lipinski definition) is 3. The lowest BCUT2D eigenvalue weighted by Crippen LogP contribution is -2.45. The predicted molar refractivity (Wildman–Crippen MR) is 161 cm³/mol. The second kappa shape index (κ2) is 28.9. The van der Waals surface area contributed by atoms with Crippen molar-refractivity contribution in [3.8, 4) is 0 Å². The van der Waals surface area contributed by atoms with E-state index in [-0.39, 0.29) is 12.5 Å². The van der Waals surface area contributed by atoms with Gasteiger partial charge in [0.05, 0.1) is 18.8 Å². The normalized spacial score (nSPS) is 13.9. The second-order valence-corrected chi connectivity index (χ2v) is 10.2. The Labute approximate surface area is 229 Å². The molecule has 0 aliphatic rings. The maximum Gasteiger partial charge on any atom is 0.220 e. The van der Waals surface area contributed by atoms with Gasteiger partial charge in [-0.1, -0.05) is 120 Å². The molecule has 0 aliphatic heterocycles. The first-order valence-electron chi connectivity index (χ1n) is 15.4. The highest BCUT2D eigenvalue weighted by Gasteiger charge is 2.17. The Bertz CT molecular complexity index is 609. The zero-order chi connectivity index (χ0) is 27.2. The van der Waals surface area contributed by atoms with Gasteiger partial charge in [0.15, 0.2) is 0 Å². The average Bonchev–Trinajstić information content (AvgIpc) is 2.90. The Hall–Kier alpha value is -1.65. The molecule has 37 heavy (non-hydrogen) atoms. The van der Waals surface area contributed by atoms with Crippen LogP contribution in [0.25, 0.3) is 0 Å². The summed E-state index contributed by atoms with van der Waals surface area (Å²) in [6.45, 7) is 4.14. The lowest BCUT2D eigenvalue weighted by atomic mass is 10.1. The molecule has 3 N–H and O–H groups in total. The molecule has 0 aromatic heterocycles. The van der Waals surface area contributed by atoms with Crippen molar-refractivity contribution in [2.24, 2.45) is 0 Å². The van der Waals surface area contributed by atoms with Crippen LogP contribution in [0, 0.1) is 0 Å². The number of aliphatic hydroxyl groups excluding tert-OH is 2. The third-order valence-electron chi connectivity index (χ3n) is 6.52. The largest absolute Gasteiger partial charge is 0.394 e. The van der Waals surface area contributed by atoms with Gasteiger partial charge in [0.2, 0.25) is 5.91 Å².